The fourth-order valence-electron chi connectivity index (χ4n) is 8.03. The highest BCUT2D eigenvalue weighted by Crippen LogP contribution is 2.64. The fourth-order valence-corrected chi connectivity index (χ4v) is 8.03. The van der Waals surface area contributed by atoms with Crippen LogP contribution in [0.1, 0.15) is 81.6 Å². The van der Waals surface area contributed by atoms with Gasteiger partial charge in [-0.1, -0.05) is 36.8 Å². The van der Waals surface area contributed by atoms with Crippen LogP contribution in [0.5, 0.6) is 0 Å². The zero-order chi connectivity index (χ0) is 25.0. The van der Waals surface area contributed by atoms with Gasteiger partial charge in [-0.2, -0.15) is 0 Å². The molecule has 3 fully saturated rings. The molecular formula is C29H40O6. The van der Waals surface area contributed by atoms with Gasteiger partial charge in [0.2, 0.25) is 0 Å². The summed E-state index contributed by atoms with van der Waals surface area (Å²) in [5, 5.41) is 12.0. The second kappa shape index (κ2) is 9.07. The molecule has 4 aliphatic rings. The van der Waals surface area contributed by atoms with E-state index in [4.69, 9.17) is 18.9 Å². The van der Waals surface area contributed by atoms with Gasteiger partial charge in [0.1, 0.15) is 5.78 Å². The first-order chi connectivity index (χ1) is 16.7. The van der Waals surface area contributed by atoms with Crippen LogP contribution in [0.15, 0.2) is 35.4 Å². The van der Waals surface area contributed by atoms with Gasteiger partial charge in [-0.15, -0.1) is 0 Å². The zero-order valence-corrected chi connectivity index (χ0v) is 21.8. The molecule has 0 bridgehead atoms. The van der Waals surface area contributed by atoms with Crippen LogP contribution >= 0.6 is 0 Å². The standard InChI is InChI=1S/C29H40O6/c1-27-16-21(18-6-8-19(9-7-18)26(32-2)33-3)25-20(22(27)10-11-24(27)30)12-14-28(31)17-29(34-4,35-5)15-13-23(25)28/h6-9,20-22,26,31H,10-17H2,1-5H3. The number of ketones is 1. The molecule has 1 aromatic rings. The van der Waals surface area contributed by atoms with Gasteiger partial charge in [0.25, 0.3) is 0 Å². The largest absolute Gasteiger partial charge is 0.385 e. The number of carbonyl (C=O) groups excluding carboxylic acids is 1. The van der Waals surface area contributed by atoms with E-state index in [9.17, 15) is 9.90 Å². The number of carbonyl (C=O) groups is 1. The highest BCUT2D eigenvalue weighted by atomic mass is 16.7. The van der Waals surface area contributed by atoms with Crippen molar-refractivity contribution in [2.45, 2.75) is 81.9 Å². The summed E-state index contributed by atoms with van der Waals surface area (Å²) < 4.78 is 22.4. The van der Waals surface area contributed by atoms with Gasteiger partial charge in [-0.05, 0) is 55.1 Å². The number of rotatable bonds is 6. The van der Waals surface area contributed by atoms with E-state index in [-0.39, 0.29) is 11.3 Å². The van der Waals surface area contributed by atoms with Gasteiger partial charge in [0, 0.05) is 64.6 Å². The Kier molecular flexibility index (Phi) is 6.50. The lowest BCUT2D eigenvalue weighted by Gasteiger charge is -2.55. The van der Waals surface area contributed by atoms with Crippen LogP contribution in [0.2, 0.25) is 0 Å². The van der Waals surface area contributed by atoms with E-state index in [2.05, 4.69) is 31.2 Å². The van der Waals surface area contributed by atoms with Gasteiger partial charge in [0.15, 0.2) is 12.1 Å². The molecule has 5 unspecified atom stereocenters. The van der Waals surface area contributed by atoms with E-state index < -0.39 is 17.7 Å². The summed E-state index contributed by atoms with van der Waals surface area (Å²) in [5.74, 6) is 0.475. The Labute approximate surface area is 209 Å². The lowest BCUT2D eigenvalue weighted by Crippen LogP contribution is -2.54. The highest BCUT2D eigenvalue weighted by Gasteiger charge is 2.60. The summed E-state index contributed by atoms with van der Waals surface area (Å²) >= 11 is 0. The molecule has 0 aromatic heterocycles. The topological polar surface area (TPSA) is 74.2 Å². The third-order valence-corrected chi connectivity index (χ3v) is 9.91. The molecule has 0 heterocycles. The Bertz CT molecular complexity index is 991. The van der Waals surface area contributed by atoms with E-state index in [1.807, 2.05) is 0 Å². The maximum atomic E-state index is 13.2. The summed E-state index contributed by atoms with van der Waals surface area (Å²) in [6, 6.07) is 8.44. The first kappa shape index (κ1) is 25.1. The van der Waals surface area contributed by atoms with Crippen molar-refractivity contribution >= 4 is 5.78 Å². The molecule has 5 atom stereocenters. The number of hydrogen-bond donors (Lipinski definition) is 1. The molecule has 5 rings (SSSR count). The molecule has 6 heteroatoms. The van der Waals surface area contributed by atoms with Gasteiger partial charge in [-0.3, -0.25) is 4.79 Å². The van der Waals surface area contributed by atoms with E-state index in [1.165, 1.54) is 16.7 Å². The van der Waals surface area contributed by atoms with Gasteiger partial charge >= 0.3 is 0 Å². The fraction of sp³-hybridized carbons (Fsp3) is 0.690. The Balaban J connectivity index is 1.60. The molecule has 0 saturated heterocycles. The summed E-state index contributed by atoms with van der Waals surface area (Å²) in [6.45, 7) is 2.20. The van der Waals surface area contributed by atoms with Crippen molar-refractivity contribution in [1.82, 2.24) is 0 Å². The number of allylic oxidation sites excluding steroid dienone is 1. The number of hydrogen-bond acceptors (Lipinski definition) is 6. The van der Waals surface area contributed by atoms with Gasteiger partial charge in [0.05, 0.1) is 5.60 Å². The van der Waals surface area contributed by atoms with Crippen LogP contribution in [-0.4, -0.2) is 50.7 Å². The molecule has 4 aliphatic carbocycles. The Hall–Kier alpha value is -1.57. The Morgan fingerprint density at radius 3 is 2.29 bits per heavy atom. The van der Waals surface area contributed by atoms with Crippen LogP contribution in [0, 0.1) is 17.3 Å². The Morgan fingerprint density at radius 1 is 0.971 bits per heavy atom. The molecule has 0 amide bonds. The van der Waals surface area contributed by atoms with Crippen molar-refractivity contribution in [3.05, 3.63) is 46.5 Å². The molecule has 192 valence electrons. The number of methoxy groups -OCH3 is 4. The van der Waals surface area contributed by atoms with Crippen molar-refractivity contribution in [3.8, 4) is 0 Å². The molecule has 0 radical (unpaired) electrons. The molecule has 1 aromatic carbocycles. The minimum atomic E-state index is -0.929. The van der Waals surface area contributed by atoms with Gasteiger partial charge in [-0.25, -0.2) is 0 Å². The first-order valence-corrected chi connectivity index (χ1v) is 13.0. The molecular weight excluding hydrogens is 444 g/mol. The third-order valence-electron chi connectivity index (χ3n) is 9.91. The first-order valence-electron chi connectivity index (χ1n) is 13.0. The maximum Gasteiger partial charge on any atom is 0.183 e. The monoisotopic (exact) mass is 484 g/mol. The number of benzene rings is 1. The third kappa shape index (κ3) is 3.84. The molecule has 6 nitrogen and oxygen atoms in total. The molecule has 1 N–H and O–H groups in total. The van der Waals surface area contributed by atoms with Crippen molar-refractivity contribution in [2.24, 2.45) is 17.3 Å². The van der Waals surface area contributed by atoms with Crippen LogP contribution in [0.3, 0.4) is 0 Å². The molecule has 3 saturated carbocycles. The van der Waals surface area contributed by atoms with Crippen LogP contribution < -0.4 is 0 Å². The summed E-state index contributed by atoms with van der Waals surface area (Å²) in [5.41, 5.74) is 3.51. The average Bonchev–Trinajstić information content (AvgIpc) is 3.17. The highest BCUT2D eigenvalue weighted by molar-refractivity contribution is 5.87. The predicted molar refractivity (Wildman–Crippen MR) is 132 cm³/mol. The van der Waals surface area contributed by atoms with Crippen molar-refractivity contribution < 1.29 is 28.8 Å². The predicted octanol–water partition coefficient (Wildman–Crippen LogP) is 5.06. The molecule has 35 heavy (non-hydrogen) atoms. The van der Waals surface area contributed by atoms with Crippen LogP contribution in [-0.2, 0) is 23.7 Å². The zero-order valence-electron chi connectivity index (χ0n) is 21.8. The Morgan fingerprint density at radius 2 is 1.66 bits per heavy atom. The average molecular weight is 485 g/mol. The van der Waals surface area contributed by atoms with E-state index in [0.29, 0.717) is 36.9 Å². The molecule has 0 aliphatic heterocycles. The number of Topliss-reactive ketones (excluding diaryl/α,β-unsaturated/α-hetero) is 1. The van der Waals surface area contributed by atoms with E-state index >= 15 is 0 Å². The number of ether oxygens (including phenoxy) is 4. The lowest BCUT2D eigenvalue weighted by atomic mass is 9.51. The van der Waals surface area contributed by atoms with Crippen LogP contribution in [0.25, 0.3) is 0 Å². The lowest BCUT2D eigenvalue weighted by molar-refractivity contribution is -0.246. The summed E-state index contributed by atoms with van der Waals surface area (Å²) in [7, 11) is 6.62. The smallest absolute Gasteiger partial charge is 0.183 e. The minimum absolute atomic E-state index is 0.111. The number of aliphatic hydroxyl groups is 1. The normalized spacial score (nSPS) is 36.2. The minimum Gasteiger partial charge on any atom is -0.385 e. The second-order valence-corrected chi connectivity index (χ2v) is 11.3. The van der Waals surface area contributed by atoms with E-state index in [0.717, 1.165) is 37.7 Å². The summed E-state index contributed by atoms with van der Waals surface area (Å²) in [6.07, 6.45) is 5.57. The number of fused-ring (bicyclic) bond motifs is 4. The van der Waals surface area contributed by atoms with Crippen molar-refractivity contribution in [2.75, 3.05) is 28.4 Å². The van der Waals surface area contributed by atoms with Crippen molar-refractivity contribution in [3.63, 3.8) is 0 Å². The SMILES string of the molecule is COC(OC)c1ccc(C2CC3(C)C(=O)CCC3C3CCC4(O)CC(OC)(OC)CCC4=C23)cc1. The van der Waals surface area contributed by atoms with Crippen LogP contribution in [0.4, 0.5) is 0 Å². The molecule has 0 spiro atoms. The quantitative estimate of drug-likeness (QED) is 0.449. The van der Waals surface area contributed by atoms with E-state index in [1.54, 1.807) is 28.4 Å². The maximum absolute atomic E-state index is 13.2. The second-order valence-electron chi connectivity index (χ2n) is 11.3. The van der Waals surface area contributed by atoms with Gasteiger partial charge < -0.3 is 24.1 Å². The van der Waals surface area contributed by atoms with Crippen molar-refractivity contribution in [1.29, 1.82) is 0 Å². The summed E-state index contributed by atoms with van der Waals surface area (Å²) in [4.78, 5) is 13.2.